The molecule has 0 radical (unpaired) electrons. The monoisotopic (exact) mass is 553 g/mol. The highest BCUT2D eigenvalue weighted by Crippen LogP contribution is 2.31. The van der Waals surface area contributed by atoms with Crippen LogP contribution in [0, 0.1) is 0 Å². The van der Waals surface area contributed by atoms with Crippen LogP contribution in [0.15, 0.2) is 71.1 Å². The van der Waals surface area contributed by atoms with Crippen LogP contribution in [-0.2, 0) is 10.2 Å². The Kier molecular flexibility index (Phi) is 8.74. The van der Waals surface area contributed by atoms with Crippen LogP contribution in [0.25, 0.3) is 10.2 Å². The number of amides is 2. The van der Waals surface area contributed by atoms with Crippen LogP contribution in [0.4, 0.5) is 5.69 Å². The number of nitrogens with one attached hydrogen (secondary N) is 2. The van der Waals surface area contributed by atoms with Crippen LogP contribution < -0.4 is 15.4 Å². The predicted octanol–water partition coefficient (Wildman–Crippen LogP) is 6.79. The normalized spacial score (nSPS) is 11.4. The van der Waals surface area contributed by atoms with Crippen molar-refractivity contribution >= 4 is 62.4 Å². The molecule has 0 atom stereocenters. The standard InChI is InChI=1S/C28H28ClN3O3S2/c1-28(2,3)19-6-4-18(5-7-19)26(34)31-21-10-13-23-24(16-21)37-27(32-23)36-17-25(33)30-14-15-35-22-11-8-20(29)9-12-22/h4-13,16H,14-15,17H2,1-3H3,(H,30,33)(H,31,34). The number of rotatable bonds is 9. The molecule has 4 aromatic rings. The Morgan fingerprint density at radius 2 is 1.76 bits per heavy atom. The summed E-state index contributed by atoms with van der Waals surface area (Å²) in [5.41, 5.74) is 3.36. The van der Waals surface area contributed by atoms with Crippen molar-refractivity contribution in [3.05, 3.63) is 82.9 Å². The maximum atomic E-state index is 12.7. The third-order valence-corrected chi connectivity index (χ3v) is 7.89. The van der Waals surface area contributed by atoms with Crippen LogP contribution in [0.1, 0.15) is 36.7 Å². The number of carbonyl (C=O) groups excluding carboxylic acids is 2. The number of ether oxygens (including phenoxy) is 1. The van der Waals surface area contributed by atoms with Crippen molar-refractivity contribution in [2.75, 3.05) is 24.2 Å². The molecule has 0 spiro atoms. The van der Waals surface area contributed by atoms with Gasteiger partial charge in [0.2, 0.25) is 5.91 Å². The average Bonchev–Trinajstić information content (AvgIpc) is 3.28. The number of aromatic nitrogens is 1. The highest BCUT2D eigenvalue weighted by molar-refractivity contribution is 8.01. The number of benzene rings is 3. The molecule has 0 aliphatic heterocycles. The molecule has 0 saturated carbocycles. The fourth-order valence-corrected chi connectivity index (χ4v) is 5.50. The van der Waals surface area contributed by atoms with Crippen molar-refractivity contribution in [3.63, 3.8) is 0 Å². The molecule has 9 heteroatoms. The Balaban J connectivity index is 1.26. The molecule has 0 aliphatic carbocycles. The van der Waals surface area contributed by atoms with E-state index < -0.39 is 0 Å². The second-order valence-electron chi connectivity index (χ2n) is 9.38. The number of anilines is 1. The number of hydrogen-bond donors (Lipinski definition) is 2. The number of fused-ring (bicyclic) bond motifs is 1. The molecule has 0 fully saturated rings. The first-order chi connectivity index (χ1) is 17.7. The molecule has 1 heterocycles. The molecule has 2 N–H and O–H groups in total. The highest BCUT2D eigenvalue weighted by atomic mass is 35.5. The molecule has 3 aromatic carbocycles. The van der Waals surface area contributed by atoms with Crippen molar-refractivity contribution in [2.24, 2.45) is 0 Å². The smallest absolute Gasteiger partial charge is 0.255 e. The molecule has 0 aliphatic rings. The van der Waals surface area contributed by atoms with E-state index in [2.05, 4.69) is 36.4 Å². The highest BCUT2D eigenvalue weighted by Gasteiger charge is 2.15. The zero-order valence-corrected chi connectivity index (χ0v) is 23.2. The van der Waals surface area contributed by atoms with E-state index in [-0.39, 0.29) is 23.0 Å². The Morgan fingerprint density at radius 3 is 2.46 bits per heavy atom. The fraction of sp³-hybridized carbons (Fsp3) is 0.250. The molecule has 0 saturated heterocycles. The van der Waals surface area contributed by atoms with Gasteiger partial charge in [0.1, 0.15) is 12.4 Å². The first kappa shape index (κ1) is 27.0. The number of nitrogens with zero attached hydrogens (tertiary/aromatic N) is 1. The second-order valence-corrected chi connectivity index (χ2v) is 12.1. The fourth-order valence-electron chi connectivity index (χ4n) is 3.44. The minimum Gasteiger partial charge on any atom is -0.492 e. The van der Waals surface area contributed by atoms with Crippen LogP contribution >= 0.6 is 34.7 Å². The lowest BCUT2D eigenvalue weighted by Gasteiger charge is -2.19. The molecule has 192 valence electrons. The SMILES string of the molecule is CC(C)(C)c1ccc(C(=O)Nc2ccc3nc(SCC(=O)NCCOc4ccc(Cl)cc4)sc3c2)cc1. The molecule has 37 heavy (non-hydrogen) atoms. The van der Waals surface area contributed by atoms with Gasteiger partial charge in [-0.05, 0) is 65.6 Å². The zero-order chi connectivity index (χ0) is 26.4. The number of thiazole rings is 1. The minimum atomic E-state index is -0.157. The summed E-state index contributed by atoms with van der Waals surface area (Å²) in [5.74, 6) is 0.719. The lowest BCUT2D eigenvalue weighted by molar-refractivity contribution is -0.118. The van der Waals surface area contributed by atoms with E-state index in [0.717, 1.165) is 14.6 Å². The van der Waals surface area contributed by atoms with Crippen molar-refractivity contribution in [1.82, 2.24) is 10.3 Å². The average molecular weight is 554 g/mol. The molecule has 1 aromatic heterocycles. The molecular formula is C28H28ClN3O3S2. The van der Waals surface area contributed by atoms with E-state index in [9.17, 15) is 9.59 Å². The molecular weight excluding hydrogens is 526 g/mol. The van der Waals surface area contributed by atoms with Gasteiger partial charge in [-0.1, -0.05) is 56.3 Å². The number of carbonyl (C=O) groups is 2. The Hall–Kier alpha value is -3.07. The van der Waals surface area contributed by atoms with Gasteiger partial charge in [-0.25, -0.2) is 4.98 Å². The van der Waals surface area contributed by atoms with E-state index in [1.807, 2.05) is 42.5 Å². The first-order valence-corrected chi connectivity index (χ1v) is 14.0. The number of hydrogen-bond acceptors (Lipinski definition) is 6. The van der Waals surface area contributed by atoms with Gasteiger partial charge in [0.05, 0.1) is 22.5 Å². The van der Waals surface area contributed by atoms with E-state index in [0.29, 0.717) is 35.2 Å². The summed E-state index contributed by atoms with van der Waals surface area (Å²) in [4.78, 5) is 29.5. The van der Waals surface area contributed by atoms with Crippen molar-refractivity contribution in [2.45, 2.75) is 30.5 Å². The third kappa shape index (κ3) is 7.71. The lowest BCUT2D eigenvalue weighted by Crippen LogP contribution is -2.29. The van der Waals surface area contributed by atoms with Crippen LogP contribution in [0.3, 0.4) is 0 Å². The summed E-state index contributed by atoms with van der Waals surface area (Å²) in [6, 6.07) is 20.4. The topological polar surface area (TPSA) is 80.3 Å². The zero-order valence-electron chi connectivity index (χ0n) is 20.8. The van der Waals surface area contributed by atoms with Gasteiger partial charge >= 0.3 is 0 Å². The minimum absolute atomic E-state index is 0.0367. The molecule has 4 rings (SSSR count). The largest absolute Gasteiger partial charge is 0.492 e. The lowest BCUT2D eigenvalue weighted by atomic mass is 9.87. The van der Waals surface area contributed by atoms with Crippen molar-refractivity contribution < 1.29 is 14.3 Å². The van der Waals surface area contributed by atoms with Crippen molar-refractivity contribution in [1.29, 1.82) is 0 Å². The van der Waals surface area contributed by atoms with Gasteiger partial charge in [0.25, 0.3) is 5.91 Å². The number of halogens is 1. The molecule has 0 unspecified atom stereocenters. The van der Waals surface area contributed by atoms with E-state index in [1.165, 1.54) is 28.7 Å². The molecule has 6 nitrogen and oxygen atoms in total. The summed E-state index contributed by atoms with van der Waals surface area (Å²) in [7, 11) is 0. The Labute approximate surface area is 229 Å². The summed E-state index contributed by atoms with van der Waals surface area (Å²) >= 11 is 8.73. The van der Waals surface area contributed by atoms with E-state index in [1.54, 1.807) is 24.3 Å². The van der Waals surface area contributed by atoms with Gasteiger partial charge in [-0.2, -0.15) is 0 Å². The maximum absolute atomic E-state index is 12.7. The van der Waals surface area contributed by atoms with E-state index in [4.69, 9.17) is 16.3 Å². The van der Waals surface area contributed by atoms with Crippen LogP contribution in [0.5, 0.6) is 5.75 Å². The third-order valence-electron chi connectivity index (χ3n) is 5.47. The van der Waals surface area contributed by atoms with Gasteiger partial charge in [0.15, 0.2) is 4.34 Å². The molecule has 0 bridgehead atoms. The Bertz CT molecular complexity index is 1380. The molecule has 2 amide bonds. The van der Waals surface area contributed by atoms with Crippen LogP contribution in [-0.4, -0.2) is 35.7 Å². The predicted molar refractivity (Wildman–Crippen MR) is 153 cm³/mol. The van der Waals surface area contributed by atoms with Gasteiger partial charge in [-0.3, -0.25) is 9.59 Å². The second kappa shape index (κ2) is 12.0. The van der Waals surface area contributed by atoms with Gasteiger partial charge in [0, 0.05) is 16.3 Å². The summed E-state index contributed by atoms with van der Waals surface area (Å²) in [5, 5.41) is 6.46. The van der Waals surface area contributed by atoms with Crippen molar-refractivity contribution in [3.8, 4) is 5.75 Å². The quantitative estimate of drug-likeness (QED) is 0.176. The maximum Gasteiger partial charge on any atom is 0.255 e. The summed E-state index contributed by atoms with van der Waals surface area (Å²) < 4.78 is 7.32. The van der Waals surface area contributed by atoms with Crippen LogP contribution in [0.2, 0.25) is 5.02 Å². The van der Waals surface area contributed by atoms with Gasteiger partial charge in [-0.15, -0.1) is 11.3 Å². The van der Waals surface area contributed by atoms with Gasteiger partial charge < -0.3 is 15.4 Å². The number of thioether (sulfide) groups is 1. The summed E-state index contributed by atoms with van der Waals surface area (Å²) in [6.07, 6.45) is 0. The van der Waals surface area contributed by atoms with E-state index >= 15 is 0 Å². The summed E-state index contributed by atoms with van der Waals surface area (Å²) in [6.45, 7) is 7.21. The first-order valence-electron chi connectivity index (χ1n) is 11.8. The Morgan fingerprint density at radius 1 is 1.03 bits per heavy atom.